The van der Waals surface area contributed by atoms with Crippen molar-refractivity contribution in [3.63, 3.8) is 0 Å². The van der Waals surface area contributed by atoms with Crippen molar-refractivity contribution in [2.24, 2.45) is 5.10 Å². The van der Waals surface area contributed by atoms with E-state index >= 15 is 0 Å². The SMILES string of the molecule is CCCc1nc2ccc(Br)cc2c(=O)n1N=Cc1cc(Cl)ccc1OCC. The molecule has 0 saturated heterocycles. The lowest BCUT2D eigenvalue weighted by Crippen LogP contribution is -2.22. The monoisotopic (exact) mass is 447 g/mol. The summed E-state index contributed by atoms with van der Waals surface area (Å²) in [6.45, 7) is 4.47. The van der Waals surface area contributed by atoms with Crippen LogP contribution in [0.15, 0.2) is 50.8 Å². The van der Waals surface area contributed by atoms with Crippen molar-refractivity contribution < 1.29 is 4.74 Å². The predicted octanol–water partition coefficient (Wildman–Crippen LogP) is 5.05. The fourth-order valence-electron chi connectivity index (χ4n) is 2.73. The van der Waals surface area contributed by atoms with Crippen LogP contribution < -0.4 is 10.3 Å². The van der Waals surface area contributed by atoms with E-state index in [1.54, 1.807) is 30.5 Å². The van der Waals surface area contributed by atoms with E-state index in [0.29, 0.717) is 46.1 Å². The predicted molar refractivity (Wildman–Crippen MR) is 113 cm³/mol. The Balaban J connectivity index is 2.15. The average molecular weight is 449 g/mol. The molecule has 0 saturated carbocycles. The summed E-state index contributed by atoms with van der Waals surface area (Å²) in [5.74, 6) is 1.28. The molecule has 27 heavy (non-hydrogen) atoms. The first-order valence-electron chi connectivity index (χ1n) is 8.71. The summed E-state index contributed by atoms with van der Waals surface area (Å²) in [6.07, 6.45) is 3.08. The summed E-state index contributed by atoms with van der Waals surface area (Å²) in [6, 6.07) is 10.8. The molecular formula is C20H19BrClN3O2. The number of aryl methyl sites for hydroxylation is 1. The lowest BCUT2D eigenvalue weighted by Gasteiger charge is -2.10. The number of hydrogen-bond donors (Lipinski definition) is 0. The largest absolute Gasteiger partial charge is 0.493 e. The molecule has 0 aliphatic heterocycles. The number of ether oxygens (including phenoxy) is 1. The Morgan fingerprint density at radius 2 is 2.07 bits per heavy atom. The molecule has 140 valence electrons. The molecule has 1 heterocycles. The first kappa shape index (κ1) is 19.6. The molecule has 3 rings (SSSR count). The molecule has 0 spiro atoms. The number of hydrogen-bond acceptors (Lipinski definition) is 4. The van der Waals surface area contributed by atoms with Crippen LogP contribution in [0.2, 0.25) is 5.02 Å². The van der Waals surface area contributed by atoms with Gasteiger partial charge in [-0.3, -0.25) is 4.79 Å². The van der Waals surface area contributed by atoms with Gasteiger partial charge in [-0.2, -0.15) is 9.78 Å². The molecular weight excluding hydrogens is 430 g/mol. The summed E-state index contributed by atoms with van der Waals surface area (Å²) in [5.41, 5.74) is 1.16. The summed E-state index contributed by atoms with van der Waals surface area (Å²) in [5, 5.41) is 5.50. The van der Waals surface area contributed by atoms with Gasteiger partial charge in [-0.1, -0.05) is 34.5 Å². The highest BCUT2D eigenvalue weighted by atomic mass is 79.9. The quantitative estimate of drug-likeness (QED) is 0.496. The Labute approximate surface area is 170 Å². The third kappa shape index (κ3) is 4.39. The zero-order valence-electron chi connectivity index (χ0n) is 15.1. The molecule has 0 fully saturated rings. The zero-order valence-corrected chi connectivity index (χ0v) is 17.4. The van der Waals surface area contributed by atoms with Gasteiger partial charge in [-0.15, -0.1) is 0 Å². The molecule has 5 nitrogen and oxygen atoms in total. The molecule has 2 aromatic carbocycles. The van der Waals surface area contributed by atoms with E-state index in [2.05, 4.69) is 26.0 Å². The minimum absolute atomic E-state index is 0.207. The Morgan fingerprint density at radius 1 is 1.26 bits per heavy atom. The number of rotatable bonds is 6. The highest BCUT2D eigenvalue weighted by Crippen LogP contribution is 2.22. The van der Waals surface area contributed by atoms with Crippen molar-refractivity contribution >= 4 is 44.6 Å². The van der Waals surface area contributed by atoms with Crippen LogP contribution in [0.25, 0.3) is 10.9 Å². The van der Waals surface area contributed by atoms with Gasteiger partial charge < -0.3 is 4.74 Å². The number of nitrogens with zero attached hydrogens (tertiary/aromatic N) is 3. The molecule has 0 unspecified atom stereocenters. The molecule has 0 N–H and O–H groups in total. The Morgan fingerprint density at radius 3 is 2.81 bits per heavy atom. The van der Waals surface area contributed by atoms with Crippen molar-refractivity contribution in [3.05, 3.63) is 67.6 Å². The Hall–Kier alpha value is -2.18. The maximum absolute atomic E-state index is 13.0. The second-order valence-corrected chi connectivity index (χ2v) is 7.27. The van der Waals surface area contributed by atoms with E-state index in [4.69, 9.17) is 16.3 Å². The summed E-state index contributed by atoms with van der Waals surface area (Å²) in [4.78, 5) is 17.6. The molecule has 0 aliphatic rings. The molecule has 0 aliphatic carbocycles. The van der Waals surface area contributed by atoms with Gasteiger partial charge >= 0.3 is 0 Å². The van der Waals surface area contributed by atoms with Crippen LogP contribution >= 0.6 is 27.5 Å². The van der Waals surface area contributed by atoms with Gasteiger partial charge in [0.1, 0.15) is 11.6 Å². The number of benzene rings is 2. The van der Waals surface area contributed by atoms with Gasteiger partial charge in [-0.05, 0) is 49.7 Å². The molecule has 7 heteroatoms. The van der Waals surface area contributed by atoms with Crippen molar-refractivity contribution in [2.75, 3.05) is 6.61 Å². The van der Waals surface area contributed by atoms with E-state index in [0.717, 1.165) is 10.9 Å². The number of aromatic nitrogens is 2. The van der Waals surface area contributed by atoms with Crippen molar-refractivity contribution in [1.82, 2.24) is 9.66 Å². The average Bonchev–Trinajstić information content (AvgIpc) is 2.64. The van der Waals surface area contributed by atoms with Gasteiger partial charge in [0.25, 0.3) is 5.56 Å². The molecule has 0 radical (unpaired) electrons. The second kappa shape index (κ2) is 8.67. The van der Waals surface area contributed by atoms with Crippen LogP contribution in [-0.2, 0) is 6.42 Å². The summed E-state index contributed by atoms with van der Waals surface area (Å²) in [7, 11) is 0. The standard InChI is InChI=1S/C20H19BrClN3O2/c1-3-5-19-24-17-8-6-14(21)11-16(17)20(26)25(19)23-12-13-10-15(22)7-9-18(13)27-4-2/h6-12H,3-5H2,1-2H3. The minimum atomic E-state index is -0.207. The van der Waals surface area contributed by atoms with E-state index < -0.39 is 0 Å². The highest BCUT2D eigenvalue weighted by molar-refractivity contribution is 9.10. The molecule has 3 aromatic rings. The van der Waals surface area contributed by atoms with Gasteiger partial charge in [0, 0.05) is 21.5 Å². The third-order valence-electron chi connectivity index (χ3n) is 3.93. The normalized spacial score (nSPS) is 11.4. The molecule has 0 bridgehead atoms. The van der Waals surface area contributed by atoms with Crippen molar-refractivity contribution in [2.45, 2.75) is 26.7 Å². The van der Waals surface area contributed by atoms with Gasteiger partial charge in [0.05, 0.1) is 23.7 Å². The number of fused-ring (bicyclic) bond motifs is 1. The number of halogens is 2. The lowest BCUT2D eigenvalue weighted by molar-refractivity contribution is 0.340. The Bertz CT molecular complexity index is 1060. The van der Waals surface area contributed by atoms with Crippen LogP contribution in [0.4, 0.5) is 0 Å². The Kier molecular flexibility index (Phi) is 6.29. The lowest BCUT2D eigenvalue weighted by atomic mass is 10.2. The third-order valence-corrected chi connectivity index (χ3v) is 4.66. The summed E-state index contributed by atoms with van der Waals surface area (Å²) >= 11 is 9.51. The molecule has 0 atom stereocenters. The van der Waals surface area contributed by atoms with Crippen LogP contribution in [-0.4, -0.2) is 22.5 Å². The van der Waals surface area contributed by atoms with Crippen LogP contribution in [0.3, 0.4) is 0 Å². The topological polar surface area (TPSA) is 56.5 Å². The van der Waals surface area contributed by atoms with E-state index in [1.165, 1.54) is 4.68 Å². The van der Waals surface area contributed by atoms with Crippen LogP contribution in [0, 0.1) is 0 Å². The fourth-order valence-corrected chi connectivity index (χ4v) is 3.27. The first-order chi connectivity index (χ1) is 13.0. The van der Waals surface area contributed by atoms with Crippen molar-refractivity contribution in [1.29, 1.82) is 0 Å². The maximum Gasteiger partial charge on any atom is 0.282 e. The van der Waals surface area contributed by atoms with E-state index in [9.17, 15) is 4.79 Å². The second-order valence-electron chi connectivity index (χ2n) is 5.92. The fraction of sp³-hybridized carbons (Fsp3) is 0.250. The van der Waals surface area contributed by atoms with Gasteiger partial charge in [0.15, 0.2) is 0 Å². The maximum atomic E-state index is 13.0. The van der Waals surface area contributed by atoms with Crippen LogP contribution in [0.5, 0.6) is 5.75 Å². The van der Waals surface area contributed by atoms with Gasteiger partial charge in [-0.25, -0.2) is 4.98 Å². The van der Waals surface area contributed by atoms with Crippen molar-refractivity contribution in [3.8, 4) is 5.75 Å². The summed E-state index contributed by atoms with van der Waals surface area (Å²) < 4.78 is 7.79. The van der Waals surface area contributed by atoms with Gasteiger partial charge in [0.2, 0.25) is 0 Å². The van der Waals surface area contributed by atoms with E-state index in [1.807, 2.05) is 26.0 Å². The molecule has 0 amide bonds. The van der Waals surface area contributed by atoms with E-state index in [-0.39, 0.29) is 5.56 Å². The minimum Gasteiger partial charge on any atom is -0.493 e. The molecule has 1 aromatic heterocycles. The van der Waals surface area contributed by atoms with Crippen LogP contribution in [0.1, 0.15) is 31.7 Å². The first-order valence-corrected chi connectivity index (χ1v) is 9.88. The highest BCUT2D eigenvalue weighted by Gasteiger charge is 2.11. The smallest absolute Gasteiger partial charge is 0.282 e. The zero-order chi connectivity index (χ0) is 19.4.